The van der Waals surface area contributed by atoms with Crippen LogP contribution in [-0.4, -0.2) is 44.3 Å². The molecule has 8 nitrogen and oxygen atoms in total. The number of rotatable bonds is 6. The van der Waals surface area contributed by atoms with Crippen molar-refractivity contribution in [3.05, 3.63) is 0 Å². The van der Waals surface area contributed by atoms with Crippen LogP contribution in [0.3, 0.4) is 0 Å². The van der Waals surface area contributed by atoms with Gasteiger partial charge in [-0.2, -0.15) is 0 Å². The first kappa shape index (κ1) is 18.7. The van der Waals surface area contributed by atoms with Gasteiger partial charge in [0.15, 0.2) is 0 Å². The number of carboxylic acid groups (broad SMARTS) is 4. The average Bonchev–Trinajstić information content (AvgIpc) is 3.18. The molecule has 0 amide bonds. The molecule has 4 N–H and O–H groups in total. The van der Waals surface area contributed by atoms with Gasteiger partial charge in [-0.25, -0.2) is 0 Å². The molecule has 0 aromatic heterocycles. The van der Waals surface area contributed by atoms with Crippen LogP contribution < -0.4 is 0 Å². The van der Waals surface area contributed by atoms with E-state index in [9.17, 15) is 39.6 Å². The van der Waals surface area contributed by atoms with E-state index in [1.165, 1.54) is 0 Å². The molecule has 4 atom stereocenters. The largest absolute Gasteiger partial charge is 0.481 e. The van der Waals surface area contributed by atoms with Crippen LogP contribution in [0.25, 0.3) is 0 Å². The van der Waals surface area contributed by atoms with Crippen LogP contribution in [0.2, 0.25) is 0 Å². The van der Waals surface area contributed by atoms with Crippen LogP contribution in [0.5, 0.6) is 0 Å². The number of hydrogen-bond acceptors (Lipinski definition) is 4. The van der Waals surface area contributed by atoms with Gasteiger partial charge in [0.25, 0.3) is 0 Å². The minimum absolute atomic E-state index is 0.421. The summed E-state index contributed by atoms with van der Waals surface area (Å²) in [5.41, 5.74) is -4.14. The van der Waals surface area contributed by atoms with Crippen molar-refractivity contribution in [2.24, 2.45) is 34.5 Å². The van der Waals surface area contributed by atoms with Gasteiger partial charge in [0.1, 0.15) is 10.8 Å². The van der Waals surface area contributed by atoms with Crippen LogP contribution >= 0.6 is 0 Å². The Labute approximate surface area is 150 Å². The van der Waals surface area contributed by atoms with Crippen molar-refractivity contribution in [1.29, 1.82) is 0 Å². The summed E-state index contributed by atoms with van der Waals surface area (Å²) in [5, 5.41) is 39.8. The van der Waals surface area contributed by atoms with Crippen molar-refractivity contribution in [2.75, 3.05) is 0 Å². The fraction of sp³-hybridized carbons (Fsp3) is 0.778. The van der Waals surface area contributed by atoms with Crippen molar-refractivity contribution in [1.82, 2.24) is 0 Å². The van der Waals surface area contributed by atoms with E-state index in [4.69, 9.17) is 0 Å². The van der Waals surface area contributed by atoms with Crippen molar-refractivity contribution >= 4 is 23.9 Å². The van der Waals surface area contributed by atoms with Gasteiger partial charge < -0.3 is 20.4 Å². The number of aliphatic carboxylic acids is 4. The lowest BCUT2D eigenvalue weighted by atomic mass is 9.31. The standard InChI is InChI=1S/C18H24O8/c19-13(20)11-12(14(21)22)18(16(25)26,10-7-3-4-8-10)17(11,15(23)24)9-5-1-2-6-9/h9-12H,1-8H2,(H,19,20)(H,21,22)(H,23,24)(H,25,26). The fourth-order valence-electron chi connectivity index (χ4n) is 6.53. The summed E-state index contributed by atoms with van der Waals surface area (Å²) in [6.45, 7) is 0. The molecule has 144 valence electrons. The van der Waals surface area contributed by atoms with Gasteiger partial charge in [-0.15, -0.1) is 0 Å². The zero-order chi connectivity index (χ0) is 19.3. The first-order valence-electron chi connectivity index (χ1n) is 9.16. The van der Waals surface area contributed by atoms with Crippen LogP contribution in [-0.2, 0) is 19.2 Å². The minimum atomic E-state index is -2.07. The molecule has 26 heavy (non-hydrogen) atoms. The molecule has 3 aliphatic carbocycles. The normalized spacial score (nSPS) is 38.0. The van der Waals surface area contributed by atoms with E-state index in [1.54, 1.807) is 0 Å². The molecule has 0 heterocycles. The quantitative estimate of drug-likeness (QED) is 0.555. The summed E-state index contributed by atoms with van der Waals surface area (Å²) in [5.74, 6) is -10.7. The highest BCUT2D eigenvalue weighted by Crippen LogP contribution is 2.74. The molecule has 3 saturated carbocycles. The summed E-state index contributed by atoms with van der Waals surface area (Å²) in [6.07, 6.45) is 4.48. The topological polar surface area (TPSA) is 149 Å². The van der Waals surface area contributed by atoms with E-state index < -0.39 is 58.4 Å². The molecule has 0 spiro atoms. The number of hydrogen-bond donors (Lipinski definition) is 4. The highest BCUT2D eigenvalue weighted by molar-refractivity contribution is 6.01. The maximum atomic E-state index is 12.5. The Morgan fingerprint density at radius 3 is 1.04 bits per heavy atom. The Bertz CT molecular complexity index is 590. The molecule has 0 saturated heterocycles. The molecule has 0 aromatic carbocycles. The van der Waals surface area contributed by atoms with Crippen LogP contribution in [0.1, 0.15) is 51.4 Å². The van der Waals surface area contributed by atoms with Gasteiger partial charge in [-0.1, -0.05) is 25.7 Å². The lowest BCUT2D eigenvalue weighted by Gasteiger charge is -2.66. The number of carbonyl (C=O) groups is 4. The van der Waals surface area contributed by atoms with Crippen LogP contribution in [0, 0.1) is 34.5 Å². The second-order valence-electron chi connectivity index (χ2n) is 7.94. The van der Waals surface area contributed by atoms with Gasteiger partial charge >= 0.3 is 23.9 Å². The van der Waals surface area contributed by atoms with Crippen LogP contribution in [0.4, 0.5) is 0 Å². The molecule has 0 aliphatic heterocycles. The second-order valence-corrected chi connectivity index (χ2v) is 7.94. The van der Waals surface area contributed by atoms with Gasteiger partial charge in [-0.3, -0.25) is 19.2 Å². The first-order chi connectivity index (χ1) is 12.2. The van der Waals surface area contributed by atoms with Gasteiger partial charge in [0.05, 0.1) is 11.8 Å². The summed E-state index contributed by atoms with van der Waals surface area (Å²) in [6, 6.07) is 0. The van der Waals surface area contributed by atoms with Crippen molar-refractivity contribution in [3.63, 3.8) is 0 Å². The maximum Gasteiger partial charge on any atom is 0.312 e. The lowest BCUT2D eigenvalue weighted by molar-refractivity contribution is -0.266. The van der Waals surface area contributed by atoms with Gasteiger partial charge in [-0.05, 0) is 37.5 Å². The molecule has 0 aromatic rings. The third kappa shape index (κ3) is 2.01. The SMILES string of the molecule is O=C(O)C1C(C(=O)O)C(C(=O)O)(C2CCCC2)C1(C(=O)O)C1CCCC1. The molecule has 8 heteroatoms. The van der Waals surface area contributed by atoms with E-state index in [-0.39, 0.29) is 0 Å². The Balaban J connectivity index is 2.30. The summed E-state index contributed by atoms with van der Waals surface area (Å²) in [7, 11) is 0. The second kappa shape index (κ2) is 6.25. The monoisotopic (exact) mass is 368 g/mol. The molecule has 3 rings (SSSR count). The third-order valence-electron chi connectivity index (χ3n) is 7.24. The predicted molar refractivity (Wildman–Crippen MR) is 86.3 cm³/mol. The zero-order valence-electron chi connectivity index (χ0n) is 14.4. The first-order valence-corrected chi connectivity index (χ1v) is 9.16. The van der Waals surface area contributed by atoms with Crippen LogP contribution in [0.15, 0.2) is 0 Å². The molecule has 0 bridgehead atoms. The van der Waals surface area contributed by atoms with Crippen molar-refractivity contribution in [2.45, 2.75) is 51.4 Å². The zero-order valence-corrected chi connectivity index (χ0v) is 14.4. The molecule has 3 fully saturated rings. The summed E-state index contributed by atoms with van der Waals surface area (Å²) < 4.78 is 0. The molecular weight excluding hydrogens is 344 g/mol. The van der Waals surface area contributed by atoms with E-state index >= 15 is 0 Å². The molecule has 3 aliphatic rings. The van der Waals surface area contributed by atoms with Crippen molar-refractivity contribution < 1.29 is 39.6 Å². The highest BCUT2D eigenvalue weighted by atomic mass is 16.4. The van der Waals surface area contributed by atoms with E-state index in [0.717, 1.165) is 0 Å². The lowest BCUT2D eigenvalue weighted by Crippen LogP contribution is -2.79. The molecule has 4 unspecified atom stereocenters. The van der Waals surface area contributed by atoms with Gasteiger partial charge in [0.2, 0.25) is 0 Å². The Morgan fingerprint density at radius 1 is 0.577 bits per heavy atom. The Hall–Kier alpha value is -2.12. The minimum Gasteiger partial charge on any atom is -0.481 e. The third-order valence-corrected chi connectivity index (χ3v) is 7.24. The highest BCUT2D eigenvalue weighted by Gasteiger charge is 2.86. The number of carboxylic acids is 4. The van der Waals surface area contributed by atoms with Crippen molar-refractivity contribution in [3.8, 4) is 0 Å². The smallest absolute Gasteiger partial charge is 0.312 e. The fourth-order valence-corrected chi connectivity index (χ4v) is 6.53. The predicted octanol–water partition coefficient (Wildman–Crippen LogP) is 1.92. The van der Waals surface area contributed by atoms with E-state index in [1.807, 2.05) is 0 Å². The Kier molecular flexibility index (Phi) is 4.48. The Morgan fingerprint density at radius 2 is 0.846 bits per heavy atom. The van der Waals surface area contributed by atoms with E-state index in [2.05, 4.69) is 0 Å². The average molecular weight is 368 g/mol. The summed E-state index contributed by atoms with van der Waals surface area (Å²) in [4.78, 5) is 49.0. The molecule has 0 radical (unpaired) electrons. The molecular formula is C18H24O8. The maximum absolute atomic E-state index is 12.5. The van der Waals surface area contributed by atoms with Gasteiger partial charge in [0, 0.05) is 0 Å². The van der Waals surface area contributed by atoms with E-state index in [0.29, 0.717) is 51.4 Å². The summed E-state index contributed by atoms with van der Waals surface area (Å²) >= 11 is 0.